The van der Waals surface area contributed by atoms with Crippen LogP contribution in [0, 0.1) is 39.4 Å². The van der Waals surface area contributed by atoms with E-state index in [1.165, 1.54) is 0 Å². The van der Waals surface area contributed by atoms with Crippen LogP contribution in [0.15, 0.2) is 47.0 Å². The summed E-state index contributed by atoms with van der Waals surface area (Å²) in [6, 6.07) is 0. The summed E-state index contributed by atoms with van der Waals surface area (Å²) < 4.78 is 24.2. The van der Waals surface area contributed by atoms with E-state index in [0.717, 1.165) is 36.8 Å². The zero-order valence-electron chi connectivity index (χ0n) is 25.0. The molecule has 0 fully saturated rings. The molecule has 0 spiro atoms. The number of hydrogen-bond donors (Lipinski definition) is 0. The van der Waals surface area contributed by atoms with Gasteiger partial charge in [-0.15, -0.1) is 0 Å². The third-order valence-corrected chi connectivity index (χ3v) is 10.7. The smallest absolute Gasteiger partial charge is 0.736 e. The molecule has 0 aromatic carbocycles. The van der Waals surface area contributed by atoms with Gasteiger partial charge in [0.05, 0.1) is 0 Å². The van der Waals surface area contributed by atoms with Gasteiger partial charge in [0, 0.05) is 5.92 Å². The van der Waals surface area contributed by atoms with Crippen LogP contribution in [-0.4, -0.2) is 0 Å². The normalized spacial score (nSPS) is 34.4. The van der Waals surface area contributed by atoms with Crippen molar-refractivity contribution in [2.24, 2.45) is 39.4 Å². The minimum absolute atomic E-state index is 0. The molecule has 3 aliphatic rings. The van der Waals surface area contributed by atoms with E-state index < -0.39 is 7.82 Å². The second kappa shape index (κ2) is 10.7. The first-order valence-corrected chi connectivity index (χ1v) is 15.0. The fourth-order valence-corrected chi connectivity index (χ4v) is 7.76. The Hall–Kier alpha value is -0.250. The van der Waals surface area contributed by atoms with Crippen LogP contribution in [0.4, 0.5) is 0 Å². The van der Waals surface area contributed by atoms with E-state index in [-0.39, 0.29) is 57.1 Å². The molecule has 3 rings (SSSR count). The maximum atomic E-state index is 13.0. The Morgan fingerprint density at radius 1 is 0.889 bits per heavy atom. The van der Waals surface area contributed by atoms with Crippen LogP contribution in [0.25, 0.3) is 0 Å². The van der Waals surface area contributed by atoms with E-state index in [4.69, 9.17) is 9.05 Å². The molecule has 1 aliphatic heterocycles. The van der Waals surface area contributed by atoms with Crippen molar-refractivity contribution in [1.82, 2.24) is 0 Å². The molecule has 36 heavy (non-hydrogen) atoms. The van der Waals surface area contributed by atoms with Crippen molar-refractivity contribution in [3.63, 3.8) is 0 Å². The molecule has 1 heterocycles. The van der Waals surface area contributed by atoms with Crippen molar-refractivity contribution < 1.29 is 48.1 Å². The van der Waals surface area contributed by atoms with Gasteiger partial charge in [-0.2, -0.15) is 0 Å². The molecule has 0 aromatic rings. The van der Waals surface area contributed by atoms with Crippen molar-refractivity contribution >= 4 is 7.82 Å². The Balaban J connectivity index is 0.00000456. The van der Waals surface area contributed by atoms with Gasteiger partial charge in [0.2, 0.25) is 0 Å². The predicted octanol–water partition coefficient (Wildman–Crippen LogP) is 5.73. The van der Waals surface area contributed by atoms with Crippen molar-refractivity contribution in [1.29, 1.82) is 0 Å². The molecule has 0 saturated carbocycles. The summed E-state index contributed by atoms with van der Waals surface area (Å²) in [4.78, 5) is 13.0. The number of hydrogen-bond acceptors (Lipinski definition) is 4. The second-order valence-corrected chi connectivity index (χ2v) is 14.6. The molecule has 0 saturated heterocycles. The second-order valence-electron chi connectivity index (χ2n) is 13.3. The third kappa shape index (κ3) is 5.42. The van der Waals surface area contributed by atoms with Gasteiger partial charge in [0.25, 0.3) is 0 Å². The SMILES string of the molecule is CCC(C)C1(C(C)(C)C)C=CC2=C(C1)C(C)C1=C(C=CC(C(C)CC)(C(C)(C)C)C1)OP(=O)([O-])O2.[Na+]. The van der Waals surface area contributed by atoms with Crippen LogP contribution in [0.5, 0.6) is 0 Å². The summed E-state index contributed by atoms with van der Waals surface area (Å²) >= 11 is 0. The van der Waals surface area contributed by atoms with Crippen molar-refractivity contribution in [3.05, 3.63) is 47.0 Å². The van der Waals surface area contributed by atoms with Crippen LogP contribution in [-0.2, 0) is 13.6 Å². The Kier molecular flexibility index (Phi) is 9.52. The van der Waals surface area contributed by atoms with Crippen molar-refractivity contribution in [2.75, 3.05) is 0 Å². The van der Waals surface area contributed by atoms with Crippen LogP contribution >= 0.6 is 7.82 Å². The Labute approximate surface area is 243 Å². The number of allylic oxidation sites excluding steroid dienone is 6. The van der Waals surface area contributed by atoms with E-state index in [0.29, 0.717) is 23.4 Å². The fourth-order valence-electron chi connectivity index (χ4n) is 6.88. The van der Waals surface area contributed by atoms with Crippen LogP contribution in [0.2, 0.25) is 0 Å². The first-order valence-electron chi connectivity index (χ1n) is 13.5. The minimum atomic E-state index is -4.56. The monoisotopic (exact) mass is 526 g/mol. The van der Waals surface area contributed by atoms with Crippen LogP contribution < -0.4 is 34.5 Å². The van der Waals surface area contributed by atoms with Gasteiger partial charge in [0.1, 0.15) is 11.5 Å². The van der Waals surface area contributed by atoms with Crippen molar-refractivity contribution in [3.8, 4) is 0 Å². The third-order valence-electron chi connectivity index (χ3n) is 9.91. The molecule has 0 N–H and O–H groups in total. The largest absolute Gasteiger partial charge is 1.00 e. The summed E-state index contributed by atoms with van der Waals surface area (Å²) in [5.74, 6) is 1.80. The van der Waals surface area contributed by atoms with Crippen molar-refractivity contribution in [2.45, 2.75) is 102 Å². The minimum Gasteiger partial charge on any atom is -0.736 e. The van der Waals surface area contributed by atoms with E-state index in [9.17, 15) is 9.46 Å². The summed E-state index contributed by atoms with van der Waals surface area (Å²) in [7, 11) is -4.56. The maximum Gasteiger partial charge on any atom is 1.00 e. The van der Waals surface area contributed by atoms with Gasteiger partial charge in [-0.1, -0.05) is 101 Å². The Bertz CT molecular complexity index is 933. The van der Waals surface area contributed by atoms with Gasteiger partial charge in [-0.25, -0.2) is 4.57 Å². The molecule has 2 aliphatic carbocycles. The molecule has 4 unspecified atom stereocenters. The quantitative estimate of drug-likeness (QED) is 0.347. The summed E-state index contributed by atoms with van der Waals surface area (Å²) in [5, 5.41) is 0. The zero-order valence-corrected chi connectivity index (χ0v) is 27.8. The van der Waals surface area contributed by atoms with Gasteiger partial charge in [-0.3, -0.25) is 0 Å². The first-order chi connectivity index (χ1) is 15.9. The van der Waals surface area contributed by atoms with Crippen LogP contribution in [0.3, 0.4) is 0 Å². The molecule has 0 amide bonds. The van der Waals surface area contributed by atoms with Gasteiger partial charge in [-0.05, 0) is 69.6 Å². The molecule has 0 aromatic heterocycles. The van der Waals surface area contributed by atoms with Gasteiger partial charge >= 0.3 is 37.4 Å². The summed E-state index contributed by atoms with van der Waals surface area (Å²) in [5.41, 5.74) is 2.00. The van der Waals surface area contributed by atoms with E-state index in [2.05, 4.69) is 88.3 Å². The molecule has 4 nitrogen and oxygen atoms in total. The topological polar surface area (TPSA) is 58.6 Å². The fraction of sp³-hybridized carbons (Fsp3) is 0.733. The van der Waals surface area contributed by atoms with E-state index in [1.54, 1.807) is 0 Å². The molecule has 0 radical (unpaired) electrons. The number of rotatable bonds is 4. The summed E-state index contributed by atoms with van der Waals surface area (Å²) in [6.45, 7) is 25.1. The van der Waals surface area contributed by atoms with E-state index in [1.807, 2.05) is 12.2 Å². The molecule has 198 valence electrons. The van der Waals surface area contributed by atoms with E-state index >= 15 is 0 Å². The van der Waals surface area contributed by atoms with Crippen LogP contribution in [0.1, 0.15) is 102 Å². The number of phosphoric acid groups is 1. The van der Waals surface area contributed by atoms with Gasteiger partial charge in [0.15, 0.2) is 0 Å². The Morgan fingerprint density at radius 3 is 1.50 bits per heavy atom. The van der Waals surface area contributed by atoms with Gasteiger partial charge < -0.3 is 13.9 Å². The average Bonchev–Trinajstić information content (AvgIpc) is 2.75. The molecule has 6 heteroatoms. The summed E-state index contributed by atoms with van der Waals surface area (Å²) in [6.07, 6.45) is 11.9. The molecular weight excluding hydrogens is 478 g/mol. The Morgan fingerprint density at radius 2 is 1.22 bits per heavy atom. The predicted molar refractivity (Wildman–Crippen MR) is 143 cm³/mol. The number of phosphoric ester groups is 1. The average molecular weight is 527 g/mol. The standard InChI is InChI=1S/C30H49O4P.Na/c1-12-20(3)29(27(6,7)8)16-14-25-23(18-29)22(5)24-19-30(21(4)13-2,28(9,10)11)17-15-26(24)34-35(31,32)33-25;/h14-17,20-22H,12-13,18-19H2,1-11H3,(H,31,32);/q;+1/p-1. The molecular formula is C30H48NaO4P. The molecule has 4 atom stereocenters. The zero-order chi connectivity index (χ0) is 26.6. The molecule has 0 bridgehead atoms. The first kappa shape index (κ1) is 32.0. The maximum absolute atomic E-state index is 13.0.